The average molecular weight is 303 g/mol. The quantitative estimate of drug-likeness (QED) is 0.811. The summed E-state index contributed by atoms with van der Waals surface area (Å²) < 4.78 is 0.878. The Hall–Kier alpha value is -1.68. The van der Waals surface area contributed by atoms with Gasteiger partial charge >= 0.3 is 0 Å². The van der Waals surface area contributed by atoms with Gasteiger partial charge in [0.15, 0.2) is 0 Å². The van der Waals surface area contributed by atoms with Gasteiger partial charge in [-0.3, -0.25) is 4.79 Å². The van der Waals surface area contributed by atoms with Crippen molar-refractivity contribution in [1.82, 2.24) is 9.88 Å². The molecule has 3 nitrogen and oxygen atoms in total. The van der Waals surface area contributed by atoms with Gasteiger partial charge in [-0.1, -0.05) is 24.3 Å². The Morgan fingerprint density at radius 3 is 2.33 bits per heavy atom. The normalized spacial score (nSPS) is 13.5. The third-order valence-corrected chi connectivity index (χ3v) is 3.54. The Kier molecular flexibility index (Phi) is 2.88. The Morgan fingerprint density at radius 1 is 1.11 bits per heavy atom. The van der Waals surface area contributed by atoms with Crippen LogP contribution in [-0.2, 0) is 13.1 Å². The summed E-state index contributed by atoms with van der Waals surface area (Å²) in [6, 6.07) is 11.7. The van der Waals surface area contributed by atoms with Crippen molar-refractivity contribution in [3.63, 3.8) is 0 Å². The third kappa shape index (κ3) is 2.04. The largest absolute Gasteiger partial charge is 0.329 e. The van der Waals surface area contributed by atoms with Crippen molar-refractivity contribution < 1.29 is 4.79 Å². The molecular weight excluding hydrogens is 292 g/mol. The Balaban J connectivity index is 1.82. The molecule has 0 atom stereocenters. The number of pyridine rings is 1. The lowest BCUT2D eigenvalue weighted by molar-refractivity contribution is 0.0745. The van der Waals surface area contributed by atoms with Crippen LogP contribution in [0.5, 0.6) is 0 Å². The molecule has 0 radical (unpaired) electrons. The van der Waals surface area contributed by atoms with Gasteiger partial charge in [-0.15, -0.1) is 0 Å². The molecule has 1 aromatic carbocycles. The summed E-state index contributed by atoms with van der Waals surface area (Å²) >= 11 is 3.31. The van der Waals surface area contributed by atoms with Crippen LogP contribution in [0.25, 0.3) is 0 Å². The Bertz CT molecular complexity index is 570. The molecule has 1 amide bonds. The fraction of sp³-hybridized carbons (Fsp3) is 0.143. The summed E-state index contributed by atoms with van der Waals surface area (Å²) in [5, 5.41) is 0. The zero-order valence-electron chi connectivity index (χ0n) is 9.64. The first-order valence-electron chi connectivity index (χ1n) is 5.71. The summed E-state index contributed by atoms with van der Waals surface area (Å²) in [4.78, 5) is 18.2. The zero-order chi connectivity index (χ0) is 12.5. The van der Waals surface area contributed by atoms with E-state index in [0.29, 0.717) is 18.8 Å². The van der Waals surface area contributed by atoms with Gasteiger partial charge in [0.2, 0.25) is 0 Å². The van der Waals surface area contributed by atoms with E-state index < -0.39 is 0 Å². The molecule has 90 valence electrons. The molecular formula is C14H11BrN2O. The second-order valence-corrected chi connectivity index (χ2v) is 5.21. The summed E-state index contributed by atoms with van der Waals surface area (Å²) in [7, 11) is 0. The number of amides is 1. The lowest BCUT2D eigenvalue weighted by Crippen LogP contribution is -2.26. The van der Waals surface area contributed by atoms with Crippen LogP contribution in [-0.4, -0.2) is 15.8 Å². The molecule has 0 saturated heterocycles. The van der Waals surface area contributed by atoms with Crippen LogP contribution in [0, 0.1) is 0 Å². The smallest absolute Gasteiger partial charge is 0.273 e. The van der Waals surface area contributed by atoms with Crippen molar-refractivity contribution in [1.29, 1.82) is 0 Å². The fourth-order valence-corrected chi connectivity index (χ4v) is 2.38. The van der Waals surface area contributed by atoms with E-state index in [-0.39, 0.29) is 5.91 Å². The van der Waals surface area contributed by atoms with E-state index in [1.54, 1.807) is 12.3 Å². The third-order valence-electron chi connectivity index (χ3n) is 3.07. The molecule has 0 unspecified atom stereocenters. The Labute approximate surface area is 114 Å². The predicted molar refractivity (Wildman–Crippen MR) is 72.0 cm³/mol. The number of rotatable bonds is 1. The number of carbonyl (C=O) groups is 1. The molecule has 1 aliphatic heterocycles. The maximum atomic E-state index is 12.3. The van der Waals surface area contributed by atoms with Gasteiger partial charge in [-0.25, -0.2) is 4.98 Å². The highest BCUT2D eigenvalue weighted by molar-refractivity contribution is 9.10. The molecule has 0 saturated carbocycles. The second kappa shape index (κ2) is 4.53. The molecule has 3 rings (SSSR count). The minimum atomic E-state index is -0.0151. The summed E-state index contributed by atoms with van der Waals surface area (Å²) in [5.74, 6) is -0.0151. The number of nitrogens with zero attached hydrogens (tertiary/aromatic N) is 2. The highest BCUT2D eigenvalue weighted by atomic mass is 79.9. The molecule has 0 spiro atoms. The zero-order valence-corrected chi connectivity index (χ0v) is 11.2. The monoisotopic (exact) mass is 302 g/mol. The SMILES string of the molecule is O=C(c1ccc(Br)cn1)N1Cc2ccccc2C1. The van der Waals surface area contributed by atoms with Gasteiger partial charge in [-0.2, -0.15) is 0 Å². The van der Waals surface area contributed by atoms with Crippen molar-refractivity contribution in [2.45, 2.75) is 13.1 Å². The highest BCUT2D eigenvalue weighted by Gasteiger charge is 2.24. The first-order valence-corrected chi connectivity index (χ1v) is 6.51. The van der Waals surface area contributed by atoms with Gasteiger partial charge in [0, 0.05) is 23.8 Å². The minimum absolute atomic E-state index is 0.0151. The van der Waals surface area contributed by atoms with E-state index in [1.165, 1.54) is 11.1 Å². The number of hydrogen-bond acceptors (Lipinski definition) is 2. The number of carbonyl (C=O) groups excluding carboxylic acids is 1. The van der Waals surface area contributed by atoms with Gasteiger partial charge in [0.05, 0.1) is 0 Å². The molecule has 0 aliphatic carbocycles. The molecule has 2 heterocycles. The van der Waals surface area contributed by atoms with Gasteiger partial charge in [-0.05, 0) is 39.2 Å². The number of fused-ring (bicyclic) bond motifs is 1. The topological polar surface area (TPSA) is 33.2 Å². The average Bonchev–Trinajstić information content (AvgIpc) is 2.82. The summed E-state index contributed by atoms with van der Waals surface area (Å²) in [5.41, 5.74) is 2.94. The lowest BCUT2D eigenvalue weighted by Gasteiger charge is -2.14. The van der Waals surface area contributed by atoms with Crippen molar-refractivity contribution in [3.8, 4) is 0 Å². The van der Waals surface area contributed by atoms with Crippen LogP contribution in [0.15, 0.2) is 47.1 Å². The van der Waals surface area contributed by atoms with Gasteiger partial charge in [0.1, 0.15) is 5.69 Å². The van der Waals surface area contributed by atoms with E-state index in [9.17, 15) is 4.79 Å². The summed E-state index contributed by atoms with van der Waals surface area (Å²) in [6.07, 6.45) is 1.65. The van der Waals surface area contributed by atoms with Gasteiger partial charge < -0.3 is 4.90 Å². The number of halogens is 1. The van der Waals surface area contributed by atoms with Crippen molar-refractivity contribution in [2.24, 2.45) is 0 Å². The first-order chi connectivity index (χ1) is 8.74. The number of aromatic nitrogens is 1. The van der Waals surface area contributed by atoms with Crippen LogP contribution in [0.1, 0.15) is 21.6 Å². The number of hydrogen-bond donors (Lipinski definition) is 0. The molecule has 0 fully saturated rings. The maximum Gasteiger partial charge on any atom is 0.273 e. The summed E-state index contributed by atoms with van der Waals surface area (Å²) in [6.45, 7) is 1.35. The van der Waals surface area contributed by atoms with E-state index in [4.69, 9.17) is 0 Å². The van der Waals surface area contributed by atoms with E-state index in [0.717, 1.165) is 4.47 Å². The first kappa shape index (κ1) is 11.4. The van der Waals surface area contributed by atoms with E-state index in [1.807, 2.05) is 23.1 Å². The second-order valence-electron chi connectivity index (χ2n) is 4.29. The minimum Gasteiger partial charge on any atom is -0.329 e. The standard InChI is InChI=1S/C14H11BrN2O/c15-12-5-6-13(16-7-12)14(18)17-8-10-3-1-2-4-11(10)9-17/h1-7H,8-9H2. The van der Waals surface area contributed by atoms with Crippen LogP contribution in [0.4, 0.5) is 0 Å². The van der Waals surface area contributed by atoms with E-state index >= 15 is 0 Å². The van der Waals surface area contributed by atoms with Gasteiger partial charge in [0.25, 0.3) is 5.91 Å². The highest BCUT2D eigenvalue weighted by Crippen LogP contribution is 2.23. The van der Waals surface area contributed by atoms with Crippen LogP contribution < -0.4 is 0 Å². The maximum absolute atomic E-state index is 12.3. The Morgan fingerprint density at radius 2 is 1.78 bits per heavy atom. The molecule has 2 aromatic rings. The molecule has 0 N–H and O–H groups in total. The molecule has 0 bridgehead atoms. The molecule has 4 heteroatoms. The van der Waals surface area contributed by atoms with Crippen LogP contribution in [0.3, 0.4) is 0 Å². The molecule has 18 heavy (non-hydrogen) atoms. The molecule has 1 aromatic heterocycles. The molecule has 1 aliphatic rings. The predicted octanol–water partition coefficient (Wildman–Crippen LogP) is 3.00. The fourth-order valence-electron chi connectivity index (χ4n) is 2.14. The number of benzene rings is 1. The van der Waals surface area contributed by atoms with Crippen molar-refractivity contribution in [2.75, 3.05) is 0 Å². The van der Waals surface area contributed by atoms with Crippen LogP contribution >= 0.6 is 15.9 Å². The van der Waals surface area contributed by atoms with Crippen molar-refractivity contribution in [3.05, 3.63) is 63.9 Å². The van der Waals surface area contributed by atoms with Crippen molar-refractivity contribution >= 4 is 21.8 Å². The van der Waals surface area contributed by atoms with Crippen LogP contribution in [0.2, 0.25) is 0 Å². The van der Waals surface area contributed by atoms with E-state index in [2.05, 4.69) is 33.0 Å². The lowest BCUT2D eigenvalue weighted by atomic mass is 10.1.